The number of hydrogen-bond donors (Lipinski definition) is 3. The lowest BCUT2D eigenvalue weighted by atomic mass is 10.0. The molecule has 4 N–H and O–H groups in total. The van der Waals surface area contributed by atoms with Gasteiger partial charge in [0.1, 0.15) is 5.75 Å². The van der Waals surface area contributed by atoms with Crippen molar-refractivity contribution in [3.63, 3.8) is 0 Å². The van der Waals surface area contributed by atoms with E-state index in [4.69, 9.17) is 11.1 Å². The zero-order valence-electron chi connectivity index (χ0n) is 12.9. The summed E-state index contributed by atoms with van der Waals surface area (Å²) in [6, 6.07) is 14.2. The molecule has 8 nitrogen and oxygen atoms in total. The van der Waals surface area contributed by atoms with E-state index in [9.17, 15) is 18.0 Å². The first-order chi connectivity index (χ1) is 11.8. The van der Waals surface area contributed by atoms with Gasteiger partial charge in [-0.25, -0.2) is 5.48 Å². The van der Waals surface area contributed by atoms with Gasteiger partial charge in [0.15, 0.2) is 11.6 Å². The monoisotopic (exact) mass is 361 g/mol. The van der Waals surface area contributed by atoms with Crippen LogP contribution in [0.5, 0.6) is 0 Å². The number of hydrogen-bond acceptors (Lipinski definition) is 6. The van der Waals surface area contributed by atoms with E-state index >= 15 is 0 Å². The molecular weight excluding hydrogens is 346 g/mol. The summed E-state index contributed by atoms with van der Waals surface area (Å²) in [5.74, 6) is -2.72. The van der Waals surface area contributed by atoms with Gasteiger partial charge < -0.3 is 5.73 Å². The Kier molecular flexibility index (Phi) is 5.63. The average Bonchev–Trinajstić information content (AvgIpc) is 2.60. The molecule has 0 heterocycles. The van der Waals surface area contributed by atoms with Gasteiger partial charge in [0, 0.05) is 16.7 Å². The molecule has 9 heteroatoms. The van der Waals surface area contributed by atoms with Crippen LogP contribution in [0.15, 0.2) is 54.6 Å². The molecule has 0 aliphatic carbocycles. The molecule has 130 valence electrons. The molecule has 0 saturated carbocycles. The van der Waals surface area contributed by atoms with Crippen LogP contribution in [0.1, 0.15) is 26.3 Å². The summed E-state index contributed by atoms with van der Waals surface area (Å²) in [7, 11) is -4.28. The first-order valence-corrected chi connectivity index (χ1v) is 8.60. The van der Waals surface area contributed by atoms with Gasteiger partial charge in [-0.3, -0.25) is 15.0 Å². The second-order valence-corrected chi connectivity index (χ2v) is 6.57. The number of nitrogens with one attached hydrogen (secondary N) is 2. The van der Waals surface area contributed by atoms with Crippen LogP contribution in [0.25, 0.3) is 0 Å². The molecule has 0 atom stereocenters. The van der Waals surface area contributed by atoms with Crippen LogP contribution in [-0.2, 0) is 14.4 Å². The van der Waals surface area contributed by atoms with E-state index in [-0.39, 0.29) is 16.9 Å². The molecule has 2 rings (SSSR count). The molecule has 0 amide bonds. The normalized spacial score (nSPS) is 10.9. The highest BCUT2D eigenvalue weighted by molar-refractivity contribution is 7.87. The predicted octanol–water partition coefficient (Wildman–Crippen LogP) is 0.845. The molecule has 0 radical (unpaired) electrons. The van der Waals surface area contributed by atoms with E-state index < -0.39 is 27.6 Å². The molecule has 0 aliphatic heterocycles. The summed E-state index contributed by atoms with van der Waals surface area (Å²) in [5, 5.41) is 6.83. The highest BCUT2D eigenvalue weighted by Crippen LogP contribution is 2.13. The molecule has 2 aromatic carbocycles. The Bertz CT molecular complexity index is 910. The predicted molar refractivity (Wildman–Crippen MR) is 90.6 cm³/mol. The van der Waals surface area contributed by atoms with E-state index in [1.54, 1.807) is 35.8 Å². The van der Waals surface area contributed by atoms with Crippen molar-refractivity contribution in [1.29, 1.82) is 5.41 Å². The molecular formula is C16H15N3O5S. The van der Waals surface area contributed by atoms with Crippen molar-refractivity contribution in [1.82, 2.24) is 5.48 Å². The minimum Gasteiger partial charge on any atom is -0.368 e. The molecule has 0 saturated heterocycles. The van der Waals surface area contributed by atoms with Crippen molar-refractivity contribution >= 4 is 27.6 Å². The summed E-state index contributed by atoms with van der Waals surface area (Å²) in [6.45, 7) is 0. The Morgan fingerprint density at radius 1 is 1.00 bits per heavy atom. The van der Waals surface area contributed by atoms with Crippen LogP contribution in [-0.4, -0.2) is 31.7 Å². The van der Waals surface area contributed by atoms with Crippen molar-refractivity contribution in [3.05, 3.63) is 71.3 Å². The molecule has 0 aliphatic rings. The van der Waals surface area contributed by atoms with Crippen LogP contribution in [0.2, 0.25) is 0 Å². The molecule has 0 fully saturated rings. The van der Waals surface area contributed by atoms with Crippen molar-refractivity contribution < 1.29 is 22.3 Å². The quantitative estimate of drug-likeness (QED) is 0.287. The Hall–Kier alpha value is -3.04. The third kappa shape index (κ3) is 5.23. The van der Waals surface area contributed by atoms with Gasteiger partial charge in [0.25, 0.3) is 10.1 Å². The summed E-state index contributed by atoms with van der Waals surface area (Å²) >= 11 is 0. The third-order valence-electron chi connectivity index (χ3n) is 3.07. The van der Waals surface area contributed by atoms with Crippen LogP contribution in [0.3, 0.4) is 0 Å². The minimum absolute atomic E-state index is 0.0526. The number of hydroxylamine groups is 1. The Labute approximate surface area is 144 Å². The van der Waals surface area contributed by atoms with E-state index in [2.05, 4.69) is 4.28 Å². The topological polar surface area (TPSA) is 139 Å². The molecule has 2 aromatic rings. The molecule has 0 bridgehead atoms. The number of guanidine groups is 1. The Morgan fingerprint density at radius 3 is 2.24 bits per heavy atom. The van der Waals surface area contributed by atoms with Gasteiger partial charge in [-0.05, 0) is 6.07 Å². The number of nitrogens with two attached hydrogens (primary N) is 1. The lowest BCUT2D eigenvalue weighted by Crippen LogP contribution is -2.34. The van der Waals surface area contributed by atoms with Crippen molar-refractivity contribution in [2.75, 3.05) is 5.75 Å². The first-order valence-electron chi connectivity index (χ1n) is 7.03. The maximum atomic E-state index is 12.4. The Morgan fingerprint density at radius 2 is 1.60 bits per heavy atom. The number of benzene rings is 2. The SMILES string of the molecule is N=C(N)NOS(=O)(=O)CC(=O)c1cccc(C(=O)c2ccccc2)c1. The summed E-state index contributed by atoms with van der Waals surface area (Å²) < 4.78 is 27.5. The smallest absolute Gasteiger partial charge is 0.295 e. The zero-order chi connectivity index (χ0) is 18.4. The summed E-state index contributed by atoms with van der Waals surface area (Å²) in [4.78, 5) is 24.5. The Balaban J connectivity index is 2.17. The van der Waals surface area contributed by atoms with Crippen LogP contribution in [0, 0.1) is 5.41 Å². The molecule has 0 unspecified atom stereocenters. The fourth-order valence-corrected chi connectivity index (χ4v) is 2.74. The van der Waals surface area contributed by atoms with Gasteiger partial charge in [0.05, 0.1) is 0 Å². The third-order valence-corrected chi connectivity index (χ3v) is 4.02. The largest absolute Gasteiger partial charge is 0.368 e. The molecule has 25 heavy (non-hydrogen) atoms. The summed E-state index contributed by atoms with van der Waals surface area (Å²) in [6.07, 6.45) is 0. The van der Waals surface area contributed by atoms with Crippen LogP contribution in [0.4, 0.5) is 0 Å². The van der Waals surface area contributed by atoms with E-state index in [0.29, 0.717) is 5.56 Å². The lowest BCUT2D eigenvalue weighted by Gasteiger charge is -2.06. The van der Waals surface area contributed by atoms with Gasteiger partial charge in [0.2, 0.25) is 5.96 Å². The van der Waals surface area contributed by atoms with Gasteiger partial charge >= 0.3 is 0 Å². The second-order valence-electron chi connectivity index (χ2n) is 5.00. The standard InChI is InChI=1S/C16H15N3O5S/c17-16(18)19-24-25(22,23)10-14(20)12-7-4-8-13(9-12)15(21)11-5-2-1-3-6-11/h1-9H,10H2,(H4,17,18,19). The van der Waals surface area contributed by atoms with Crippen molar-refractivity contribution in [2.24, 2.45) is 5.73 Å². The van der Waals surface area contributed by atoms with Gasteiger partial charge in [-0.1, -0.05) is 48.5 Å². The van der Waals surface area contributed by atoms with Crippen LogP contribution >= 0.6 is 0 Å². The molecule has 0 aromatic heterocycles. The van der Waals surface area contributed by atoms with Gasteiger partial charge in [-0.15, -0.1) is 4.28 Å². The number of Topliss-reactive ketones (excluding diaryl/α,β-unsaturated/α-hetero) is 1. The number of rotatable bonds is 7. The van der Waals surface area contributed by atoms with Crippen molar-refractivity contribution in [2.45, 2.75) is 0 Å². The zero-order valence-corrected chi connectivity index (χ0v) is 13.7. The first kappa shape index (κ1) is 18.3. The summed E-state index contributed by atoms with van der Waals surface area (Å²) in [5.41, 5.74) is 7.34. The maximum Gasteiger partial charge on any atom is 0.295 e. The number of ketones is 2. The van der Waals surface area contributed by atoms with E-state index in [0.717, 1.165) is 0 Å². The fourth-order valence-electron chi connectivity index (χ4n) is 1.97. The van der Waals surface area contributed by atoms with Crippen LogP contribution < -0.4 is 11.2 Å². The number of carbonyl (C=O) groups is 2. The second kappa shape index (κ2) is 7.69. The maximum absolute atomic E-state index is 12.4. The van der Waals surface area contributed by atoms with Gasteiger partial charge in [-0.2, -0.15) is 8.42 Å². The average molecular weight is 361 g/mol. The number of carbonyl (C=O) groups excluding carboxylic acids is 2. The van der Waals surface area contributed by atoms with Crippen molar-refractivity contribution in [3.8, 4) is 0 Å². The molecule has 0 spiro atoms. The van der Waals surface area contributed by atoms with E-state index in [1.807, 2.05) is 0 Å². The highest BCUT2D eigenvalue weighted by Gasteiger charge is 2.20. The minimum atomic E-state index is -4.28. The lowest BCUT2D eigenvalue weighted by molar-refractivity contribution is 0.101. The fraction of sp³-hybridized carbons (Fsp3) is 0.0625. The highest BCUT2D eigenvalue weighted by atomic mass is 32.2. The van der Waals surface area contributed by atoms with E-state index in [1.165, 1.54) is 24.3 Å².